The topological polar surface area (TPSA) is 74.8 Å². The minimum absolute atomic E-state index is 0.125. The van der Waals surface area contributed by atoms with E-state index in [9.17, 15) is 0 Å². The molecule has 0 spiro atoms. The van der Waals surface area contributed by atoms with E-state index >= 15 is 0 Å². The van der Waals surface area contributed by atoms with Gasteiger partial charge in [0, 0.05) is 0 Å². The number of aliphatic hydroxyl groups is 2. The van der Waals surface area contributed by atoms with Gasteiger partial charge < -0.3 is 24.4 Å². The molecule has 5 heteroatoms. The van der Waals surface area contributed by atoms with Crippen molar-refractivity contribution >= 4 is 0 Å². The van der Waals surface area contributed by atoms with E-state index in [0.29, 0.717) is 12.2 Å². The highest BCUT2D eigenvalue weighted by atomic mass is 16.6. The minimum Gasteiger partial charge on any atom is -0.394 e. The molecule has 3 aliphatic rings. The van der Waals surface area contributed by atoms with Crippen LogP contribution < -0.4 is 0 Å². The van der Waals surface area contributed by atoms with Gasteiger partial charge in [0.05, 0.1) is 39.6 Å². The van der Waals surface area contributed by atoms with Gasteiger partial charge in [-0.15, -0.1) is 0 Å². The normalized spacial score (nSPS) is 27.9. The second-order valence-corrected chi connectivity index (χ2v) is 4.31. The lowest BCUT2D eigenvalue weighted by Gasteiger charge is -2.05. The molecule has 0 radical (unpaired) electrons. The lowest BCUT2D eigenvalue weighted by atomic mass is 10.0. The van der Waals surface area contributed by atoms with Crippen LogP contribution in [0, 0.1) is 0 Å². The van der Waals surface area contributed by atoms with Crippen molar-refractivity contribution in [2.45, 2.75) is 37.9 Å². The Morgan fingerprint density at radius 2 is 1.18 bits per heavy atom. The standard InChI is InChI=1S/C6H10O3.C4H8.C2H6O2/c1(5-3-8-5)7-2-6-4-9-6;1-2-4-3-1;3-1-2-4/h5-6H,1-4H2;1-4H2;3-4H,1-2H2. The zero-order valence-corrected chi connectivity index (χ0v) is 10.3. The van der Waals surface area contributed by atoms with Gasteiger partial charge in [0.25, 0.3) is 0 Å². The lowest BCUT2D eigenvalue weighted by Crippen LogP contribution is -2.06. The van der Waals surface area contributed by atoms with Crippen LogP contribution in [0.4, 0.5) is 0 Å². The van der Waals surface area contributed by atoms with Gasteiger partial charge in [-0.1, -0.05) is 25.7 Å². The first-order chi connectivity index (χ1) is 8.36. The molecule has 102 valence electrons. The van der Waals surface area contributed by atoms with Crippen LogP contribution in [0.3, 0.4) is 0 Å². The van der Waals surface area contributed by atoms with Crippen molar-refractivity contribution in [2.24, 2.45) is 0 Å². The monoisotopic (exact) mass is 248 g/mol. The first kappa shape index (κ1) is 14.9. The molecule has 1 aliphatic carbocycles. The van der Waals surface area contributed by atoms with E-state index in [4.69, 9.17) is 24.4 Å². The van der Waals surface area contributed by atoms with Crippen molar-refractivity contribution in [2.75, 3.05) is 39.6 Å². The quantitative estimate of drug-likeness (QED) is 0.686. The van der Waals surface area contributed by atoms with Crippen LogP contribution in [0.15, 0.2) is 0 Å². The Morgan fingerprint density at radius 3 is 1.35 bits per heavy atom. The fourth-order valence-corrected chi connectivity index (χ4v) is 0.909. The molecule has 2 saturated heterocycles. The highest BCUT2D eigenvalue weighted by Gasteiger charge is 2.26. The van der Waals surface area contributed by atoms with E-state index in [2.05, 4.69) is 0 Å². The van der Waals surface area contributed by atoms with Gasteiger partial charge >= 0.3 is 0 Å². The van der Waals surface area contributed by atoms with E-state index in [1.165, 1.54) is 25.7 Å². The summed E-state index contributed by atoms with van der Waals surface area (Å²) in [7, 11) is 0. The van der Waals surface area contributed by atoms with Gasteiger partial charge in [0.1, 0.15) is 12.2 Å². The summed E-state index contributed by atoms with van der Waals surface area (Å²) in [4.78, 5) is 0. The van der Waals surface area contributed by atoms with E-state index in [1.807, 2.05) is 0 Å². The first-order valence-corrected chi connectivity index (χ1v) is 6.39. The Balaban J connectivity index is 0.000000152. The summed E-state index contributed by atoms with van der Waals surface area (Å²) in [5, 5.41) is 15.2. The molecule has 2 aliphatic heterocycles. The molecule has 3 fully saturated rings. The molecule has 0 bridgehead atoms. The molecule has 0 aromatic carbocycles. The summed E-state index contributed by atoms with van der Waals surface area (Å²) in [6.45, 7) is 3.01. The summed E-state index contributed by atoms with van der Waals surface area (Å²) in [5.41, 5.74) is 0. The molecule has 2 heterocycles. The van der Waals surface area contributed by atoms with Crippen molar-refractivity contribution in [3.05, 3.63) is 0 Å². The van der Waals surface area contributed by atoms with Crippen molar-refractivity contribution in [3.8, 4) is 0 Å². The van der Waals surface area contributed by atoms with Gasteiger partial charge in [-0.3, -0.25) is 0 Å². The summed E-state index contributed by atoms with van der Waals surface area (Å²) < 4.78 is 15.1. The third-order valence-electron chi connectivity index (χ3n) is 2.51. The smallest absolute Gasteiger partial charge is 0.104 e. The zero-order valence-electron chi connectivity index (χ0n) is 10.3. The van der Waals surface area contributed by atoms with E-state index in [0.717, 1.165) is 26.4 Å². The number of aliphatic hydroxyl groups excluding tert-OH is 2. The molecular weight excluding hydrogens is 224 g/mol. The maximum atomic E-state index is 7.62. The van der Waals surface area contributed by atoms with Crippen LogP contribution >= 0.6 is 0 Å². The predicted molar refractivity (Wildman–Crippen MR) is 62.9 cm³/mol. The Hall–Kier alpha value is -0.200. The first-order valence-electron chi connectivity index (χ1n) is 6.39. The third-order valence-corrected chi connectivity index (χ3v) is 2.51. The van der Waals surface area contributed by atoms with Crippen molar-refractivity contribution in [3.63, 3.8) is 0 Å². The molecule has 2 N–H and O–H groups in total. The van der Waals surface area contributed by atoms with Gasteiger partial charge in [0.2, 0.25) is 0 Å². The van der Waals surface area contributed by atoms with Gasteiger partial charge in [0.15, 0.2) is 0 Å². The second kappa shape index (κ2) is 9.79. The Morgan fingerprint density at radius 1 is 0.824 bits per heavy atom. The SMILES string of the molecule is C(OCC1CO1)C1CO1.C1CCC1.OCCO. The second-order valence-electron chi connectivity index (χ2n) is 4.31. The van der Waals surface area contributed by atoms with E-state index < -0.39 is 0 Å². The molecule has 0 amide bonds. The van der Waals surface area contributed by atoms with Gasteiger partial charge in [-0.2, -0.15) is 0 Å². The number of ether oxygens (including phenoxy) is 3. The minimum atomic E-state index is -0.125. The molecule has 1 saturated carbocycles. The predicted octanol–water partition coefficient (Wildman–Crippen LogP) is 0.332. The summed E-state index contributed by atoms with van der Waals surface area (Å²) in [6.07, 6.45) is 6.78. The number of hydrogen-bond acceptors (Lipinski definition) is 5. The van der Waals surface area contributed by atoms with Crippen molar-refractivity contribution < 1.29 is 24.4 Å². The van der Waals surface area contributed by atoms with Crippen LogP contribution in [0.2, 0.25) is 0 Å². The molecule has 2 unspecified atom stereocenters. The number of epoxide rings is 2. The molecule has 2 atom stereocenters. The highest BCUT2D eigenvalue weighted by molar-refractivity contribution is 4.71. The fraction of sp³-hybridized carbons (Fsp3) is 1.00. The van der Waals surface area contributed by atoms with Crippen LogP contribution in [-0.4, -0.2) is 62.1 Å². The Kier molecular flexibility index (Phi) is 8.56. The van der Waals surface area contributed by atoms with Crippen LogP contribution in [0.5, 0.6) is 0 Å². The molecule has 3 rings (SSSR count). The van der Waals surface area contributed by atoms with Gasteiger partial charge in [-0.05, 0) is 0 Å². The van der Waals surface area contributed by atoms with Gasteiger partial charge in [-0.25, -0.2) is 0 Å². The fourth-order valence-electron chi connectivity index (χ4n) is 0.909. The average Bonchev–Trinajstić information content (AvgIpc) is 3.09. The molecular formula is C12H24O5. The van der Waals surface area contributed by atoms with E-state index in [1.54, 1.807) is 0 Å². The zero-order chi connectivity index (χ0) is 12.3. The van der Waals surface area contributed by atoms with E-state index in [-0.39, 0.29) is 13.2 Å². The summed E-state index contributed by atoms with van der Waals surface area (Å²) >= 11 is 0. The molecule has 0 aromatic rings. The number of hydrogen-bond donors (Lipinski definition) is 2. The van der Waals surface area contributed by atoms with Crippen molar-refractivity contribution in [1.82, 2.24) is 0 Å². The Labute approximate surface area is 103 Å². The number of rotatable bonds is 5. The van der Waals surface area contributed by atoms with Crippen LogP contribution in [0.1, 0.15) is 25.7 Å². The van der Waals surface area contributed by atoms with Crippen molar-refractivity contribution in [1.29, 1.82) is 0 Å². The average molecular weight is 248 g/mol. The summed E-state index contributed by atoms with van der Waals surface area (Å²) in [6, 6.07) is 0. The molecule has 5 nitrogen and oxygen atoms in total. The molecule has 17 heavy (non-hydrogen) atoms. The Bertz CT molecular complexity index is 146. The maximum absolute atomic E-state index is 7.62. The van der Waals surface area contributed by atoms with Crippen LogP contribution in [-0.2, 0) is 14.2 Å². The molecule has 0 aromatic heterocycles. The maximum Gasteiger partial charge on any atom is 0.104 e. The third kappa shape index (κ3) is 10.7. The van der Waals surface area contributed by atoms with Crippen LogP contribution in [0.25, 0.3) is 0 Å². The highest BCUT2D eigenvalue weighted by Crippen LogP contribution is 2.15. The summed E-state index contributed by atoms with van der Waals surface area (Å²) in [5.74, 6) is 0. The lowest BCUT2D eigenvalue weighted by molar-refractivity contribution is 0.102. The largest absolute Gasteiger partial charge is 0.394 e.